The third kappa shape index (κ3) is 4.68. The van der Waals surface area contributed by atoms with Crippen LogP contribution in [0.1, 0.15) is 21.5 Å². The fourth-order valence-electron chi connectivity index (χ4n) is 4.81. The van der Waals surface area contributed by atoms with Crippen LogP contribution < -0.4 is 5.48 Å². The summed E-state index contributed by atoms with van der Waals surface area (Å²) in [5.74, 6) is -0.511. The molecule has 1 amide bonds. The summed E-state index contributed by atoms with van der Waals surface area (Å²) >= 11 is 6.35. The third-order valence-electron chi connectivity index (χ3n) is 6.86. The molecule has 4 aromatic rings. The van der Waals surface area contributed by atoms with Crippen LogP contribution in [0.4, 0.5) is 0 Å². The SMILES string of the molecule is CN1CCN(CCc2ccc3c4cc(Cl)ccc4n(Cc4ccc(C(=O)NO)cc4)c3c2)CC1. The van der Waals surface area contributed by atoms with Crippen molar-refractivity contribution in [3.05, 3.63) is 82.4 Å². The van der Waals surface area contributed by atoms with E-state index in [1.54, 1.807) is 17.6 Å². The summed E-state index contributed by atoms with van der Waals surface area (Å²) in [5, 5.41) is 11.9. The Balaban J connectivity index is 1.47. The summed E-state index contributed by atoms with van der Waals surface area (Å²) in [5.41, 5.74) is 6.83. The minimum Gasteiger partial charge on any atom is -0.336 e. The van der Waals surface area contributed by atoms with Gasteiger partial charge in [-0.2, -0.15) is 0 Å². The molecular formula is C27H29ClN4O2. The van der Waals surface area contributed by atoms with Gasteiger partial charge in [0.2, 0.25) is 0 Å². The Morgan fingerprint density at radius 3 is 2.38 bits per heavy atom. The Kier molecular flexibility index (Phi) is 6.57. The second kappa shape index (κ2) is 9.76. The van der Waals surface area contributed by atoms with Gasteiger partial charge in [-0.3, -0.25) is 10.0 Å². The molecule has 5 rings (SSSR count). The molecule has 0 atom stereocenters. The van der Waals surface area contributed by atoms with E-state index < -0.39 is 5.91 Å². The maximum atomic E-state index is 11.7. The van der Waals surface area contributed by atoms with Crippen molar-refractivity contribution >= 4 is 39.3 Å². The monoisotopic (exact) mass is 476 g/mol. The maximum Gasteiger partial charge on any atom is 0.274 e. The zero-order chi connectivity index (χ0) is 23.7. The number of hydroxylamine groups is 1. The van der Waals surface area contributed by atoms with E-state index in [4.69, 9.17) is 16.8 Å². The molecule has 1 fully saturated rings. The van der Waals surface area contributed by atoms with E-state index in [0.29, 0.717) is 12.1 Å². The zero-order valence-electron chi connectivity index (χ0n) is 19.3. The van der Waals surface area contributed by atoms with Gasteiger partial charge in [0.15, 0.2) is 0 Å². The Morgan fingerprint density at radius 1 is 0.912 bits per heavy atom. The van der Waals surface area contributed by atoms with Crippen LogP contribution >= 0.6 is 11.6 Å². The molecule has 0 saturated carbocycles. The van der Waals surface area contributed by atoms with E-state index in [1.165, 1.54) is 16.5 Å². The van der Waals surface area contributed by atoms with E-state index in [0.717, 1.165) is 60.6 Å². The first-order chi connectivity index (χ1) is 16.5. The van der Waals surface area contributed by atoms with E-state index in [2.05, 4.69) is 45.7 Å². The molecule has 6 nitrogen and oxygen atoms in total. The summed E-state index contributed by atoms with van der Waals surface area (Å²) in [6.07, 6.45) is 1.02. The number of carbonyl (C=O) groups is 1. The third-order valence-corrected chi connectivity index (χ3v) is 7.10. The quantitative estimate of drug-likeness (QED) is 0.320. The molecular weight excluding hydrogens is 448 g/mol. The van der Waals surface area contributed by atoms with Crippen LogP contribution in [-0.4, -0.2) is 65.3 Å². The van der Waals surface area contributed by atoms with Gasteiger partial charge in [-0.25, -0.2) is 5.48 Å². The van der Waals surface area contributed by atoms with E-state index in [-0.39, 0.29) is 0 Å². The van der Waals surface area contributed by atoms with Gasteiger partial charge >= 0.3 is 0 Å². The molecule has 1 aromatic heterocycles. The van der Waals surface area contributed by atoms with Gasteiger partial charge in [0.05, 0.1) is 0 Å². The number of halogens is 1. The van der Waals surface area contributed by atoms with Gasteiger partial charge < -0.3 is 14.4 Å². The normalized spacial score (nSPS) is 15.3. The largest absolute Gasteiger partial charge is 0.336 e. The van der Waals surface area contributed by atoms with E-state index in [9.17, 15) is 4.79 Å². The van der Waals surface area contributed by atoms with Crippen molar-refractivity contribution in [2.24, 2.45) is 0 Å². The van der Waals surface area contributed by atoms with Gasteiger partial charge in [0.25, 0.3) is 5.91 Å². The lowest BCUT2D eigenvalue weighted by atomic mass is 10.1. The Hall–Kier alpha value is -2.90. The van der Waals surface area contributed by atoms with E-state index in [1.807, 2.05) is 24.3 Å². The summed E-state index contributed by atoms with van der Waals surface area (Å²) < 4.78 is 2.32. The highest BCUT2D eigenvalue weighted by atomic mass is 35.5. The second-order valence-electron chi connectivity index (χ2n) is 9.13. The molecule has 1 aliphatic heterocycles. The van der Waals surface area contributed by atoms with Crippen LogP contribution in [0, 0.1) is 0 Å². The predicted molar refractivity (Wildman–Crippen MR) is 137 cm³/mol. The first-order valence-electron chi connectivity index (χ1n) is 11.7. The van der Waals surface area contributed by atoms with Gasteiger partial charge in [0, 0.05) is 71.7 Å². The van der Waals surface area contributed by atoms with Crippen LogP contribution in [0.5, 0.6) is 0 Å². The number of fused-ring (bicyclic) bond motifs is 3. The highest BCUT2D eigenvalue weighted by Gasteiger charge is 2.15. The molecule has 1 aliphatic rings. The molecule has 0 spiro atoms. The number of likely N-dealkylation sites (N-methyl/N-ethyl adjacent to an activating group) is 1. The highest BCUT2D eigenvalue weighted by molar-refractivity contribution is 6.31. The first-order valence-corrected chi connectivity index (χ1v) is 12.0. The topological polar surface area (TPSA) is 60.7 Å². The second-order valence-corrected chi connectivity index (χ2v) is 9.57. The molecule has 0 aliphatic carbocycles. The Bertz CT molecular complexity index is 1320. The predicted octanol–water partition coefficient (Wildman–Crippen LogP) is 4.41. The van der Waals surface area contributed by atoms with Crippen molar-refractivity contribution in [2.45, 2.75) is 13.0 Å². The van der Waals surface area contributed by atoms with Crippen molar-refractivity contribution in [1.29, 1.82) is 0 Å². The average molecular weight is 477 g/mol. The molecule has 34 heavy (non-hydrogen) atoms. The number of amides is 1. The van der Waals surface area contributed by atoms with Gasteiger partial charge in [-0.1, -0.05) is 35.9 Å². The number of hydrogen-bond acceptors (Lipinski definition) is 4. The number of hydrogen-bond donors (Lipinski definition) is 2. The zero-order valence-corrected chi connectivity index (χ0v) is 20.1. The average Bonchev–Trinajstić information content (AvgIpc) is 3.15. The van der Waals surface area contributed by atoms with E-state index >= 15 is 0 Å². The lowest BCUT2D eigenvalue weighted by Gasteiger charge is -2.32. The standard InChI is InChI=1S/C27H29ClN4O2/c1-30-12-14-31(15-13-30)11-10-19-4-8-23-24-17-22(28)7-9-25(24)32(26(23)16-19)18-20-2-5-21(6-3-20)27(33)29-34/h2-9,16-17,34H,10-15,18H2,1H3,(H,29,33). The van der Waals surface area contributed by atoms with Crippen LogP contribution in [0.25, 0.3) is 21.8 Å². The van der Waals surface area contributed by atoms with Crippen LogP contribution in [0.2, 0.25) is 5.02 Å². The van der Waals surface area contributed by atoms with Crippen LogP contribution in [-0.2, 0) is 13.0 Å². The number of carbonyl (C=O) groups excluding carboxylic acids is 1. The molecule has 0 radical (unpaired) electrons. The van der Waals surface area contributed by atoms with Crippen molar-refractivity contribution in [3.63, 3.8) is 0 Å². The summed E-state index contributed by atoms with van der Waals surface area (Å²) in [4.78, 5) is 16.6. The first kappa shape index (κ1) is 22.9. The Morgan fingerprint density at radius 2 is 1.65 bits per heavy atom. The summed E-state index contributed by atoms with van der Waals surface area (Å²) in [6, 6.07) is 20.1. The number of benzene rings is 3. The number of rotatable bonds is 6. The fourth-order valence-corrected chi connectivity index (χ4v) is 4.98. The lowest BCUT2D eigenvalue weighted by Crippen LogP contribution is -2.45. The maximum absolute atomic E-state index is 11.7. The van der Waals surface area contributed by atoms with Gasteiger partial charge in [0.1, 0.15) is 0 Å². The molecule has 1 saturated heterocycles. The van der Waals surface area contributed by atoms with Crippen molar-refractivity contribution < 1.29 is 10.0 Å². The van der Waals surface area contributed by atoms with Crippen molar-refractivity contribution in [3.8, 4) is 0 Å². The van der Waals surface area contributed by atoms with Gasteiger partial charge in [-0.15, -0.1) is 0 Å². The van der Waals surface area contributed by atoms with Gasteiger partial charge in [-0.05, 0) is 61.0 Å². The number of nitrogens with zero attached hydrogens (tertiary/aromatic N) is 3. The number of aromatic nitrogens is 1. The molecule has 2 heterocycles. The highest BCUT2D eigenvalue weighted by Crippen LogP contribution is 2.32. The lowest BCUT2D eigenvalue weighted by molar-refractivity contribution is 0.0706. The minimum atomic E-state index is -0.511. The smallest absolute Gasteiger partial charge is 0.274 e. The summed E-state index contributed by atoms with van der Waals surface area (Å²) in [6.45, 7) is 6.26. The Labute approximate surface area is 204 Å². The molecule has 2 N–H and O–H groups in total. The molecule has 176 valence electrons. The van der Waals surface area contributed by atoms with Crippen molar-refractivity contribution in [2.75, 3.05) is 39.8 Å². The fraction of sp³-hybridized carbons (Fsp3) is 0.296. The summed E-state index contributed by atoms with van der Waals surface area (Å²) in [7, 11) is 2.19. The number of nitrogens with one attached hydrogen (secondary N) is 1. The van der Waals surface area contributed by atoms with Crippen LogP contribution in [0.3, 0.4) is 0 Å². The molecule has 3 aromatic carbocycles. The molecule has 7 heteroatoms. The van der Waals surface area contributed by atoms with Crippen LogP contribution in [0.15, 0.2) is 60.7 Å². The molecule has 0 unspecified atom stereocenters. The number of piperazine rings is 1. The minimum absolute atomic E-state index is 0.423. The molecule has 0 bridgehead atoms. The van der Waals surface area contributed by atoms with Crippen molar-refractivity contribution in [1.82, 2.24) is 19.8 Å².